The molecule has 2 aromatic heterocycles. The smallest absolute Gasteiger partial charge is 0.280 e. The van der Waals surface area contributed by atoms with Crippen molar-refractivity contribution in [2.75, 3.05) is 55.6 Å². The highest BCUT2D eigenvalue weighted by molar-refractivity contribution is 6.32. The average molecular weight is 593 g/mol. The Hall–Kier alpha value is -3.42. The summed E-state index contributed by atoms with van der Waals surface area (Å²) in [6.45, 7) is 7.81. The summed E-state index contributed by atoms with van der Waals surface area (Å²) in [5.41, 5.74) is 12.3. The number of guanidine groups is 1. The van der Waals surface area contributed by atoms with E-state index >= 15 is 0 Å². The van der Waals surface area contributed by atoms with E-state index in [0.717, 1.165) is 25.8 Å². The third-order valence-electron chi connectivity index (χ3n) is 7.31. The highest BCUT2D eigenvalue weighted by Gasteiger charge is 2.35. The minimum atomic E-state index is -0.652. The van der Waals surface area contributed by atoms with Crippen LogP contribution in [0.3, 0.4) is 0 Å². The van der Waals surface area contributed by atoms with E-state index in [9.17, 15) is 9.59 Å². The van der Waals surface area contributed by atoms with E-state index < -0.39 is 5.91 Å². The van der Waals surface area contributed by atoms with Crippen molar-refractivity contribution in [1.82, 2.24) is 35.4 Å². The molecule has 2 aliphatic heterocycles. The summed E-state index contributed by atoms with van der Waals surface area (Å²) >= 11 is 12.4. The minimum absolute atomic E-state index is 0.0507. The van der Waals surface area contributed by atoms with Gasteiger partial charge in [0.25, 0.3) is 11.8 Å². The number of nitrogens with one attached hydrogen (secondary N) is 3. The molecule has 2 aromatic rings. The fourth-order valence-electron chi connectivity index (χ4n) is 5.29. The Bertz CT molecular complexity index is 1270. The monoisotopic (exact) mass is 591 g/mol. The van der Waals surface area contributed by atoms with E-state index in [0.29, 0.717) is 50.1 Å². The summed E-state index contributed by atoms with van der Waals surface area (Å²) in [6.07, 6.45) is 2.61. The van der Waals surface area contributed by atoms with Crippen molar-refractivity contribution in [1.29, 1.82) is 5.41 Å². The number of nitrogens with zero attached hydrogens (tertiary/aromatic N) is 6. The van der Waals surface area contributed by atoms with Crippen molar-refractivity contribution in [3.05, 3.63) is 33.7 Å². The van der Waals surface area contributed by atoms with Gasteiger partial charge in [-0.2, -0.15) is 0 Å². The molecule has 0 unspecified atom stereocenters. The molecule has 2 saturated heterocycles. The van der Waals surface area contributed by atoms with Crippen LogP contribution in [0.4, 0.5) is 17.5 Å². The number of nitrogen functional groups attached to an aromatic ring is 2. The molecule has 216 valence electrons. The third-order valence-corrected chi connectivity index (χ3v) is 7.78. The zero-order chi connectivity index (χ0) is 29.0. The lowest BCUT2D eigenvalue weighted by Gasteiger charge is -2.47. The fourth-order valence-corrected chi connectivity index (χ4v) is 5.69. The van der Waals surface area contributed by atoms with Crippen LogP contribution in [0.5, 0.6) is 0 Å². The predicted octanol–water partition coefficient (Wildman–Crippen LogP) is 1.82. The van der Waals surface area contributed by atoms with Gasteiger partial charge in [-0.05, 0) is 38.3 Å². The molecular weight excluding hydrogens is 557 g/mol. The van der Waals surface area contributed by atoms with Gasteiger partial charge in [0, 0.05) is 51.4 Å². The SMILES string of the molecule is CCNC(=N)NC(=O)c1nc(Cl)c(N2CCN(C3CCN(C(=O)c4ccc(Cl)nc4N)CC3)[C@@H](CC)C2)nc1N. The topological polar surface area (TPSA) is 182 Å². The summed E-state index contributed by atoms with van der Waals surface area (Å²) in [4.78, 5) is 44.5. The van der Waals surface area contributed by atoms with E-state index in [-0.39, 0.29) is 45.5 Å². The van der Waals surface area contributed by atoms with Crippen molar-refractivity contribution in [2.24, 2.45) is 0 Å². The molecule has 0 saturated carbocycles. The second kappa shape index (κ2) is 12.8. The number of aromatic nitrogens is 3. The normalized spacial score (nSPS) is 18.4. The largest absolute Gasteiger partial charge is 0.383 e. The number of hydrogen-bond acceptors (Lipinski definition) is 10. The Balaban J connectivity index is 1.38. The van der Waals surface area contributed by atoms with Crippen LogP contribution in [-0.4, -0.2) is 93.9 Å². The Morgan fingerprint density at radius 2 is 1.77 bits per heavy atom. The maximum atomic E-state index is 13.0. The number of piperidine rings is 1. The van der Waals surface area contributed by atoms with Gasteiger partial charge < -0.3 is 26.6 Å². The molecule has 0 spiro atoms. The summed E-state index contributed by atoms with van der Waals surface area (Å²) in [5, 5.41) is 13.1. The molecule has 4 rings (SSSR count). The zero-order valence-corrected chi connectivity index (χ0v) is 24.1. The first kappa shape index (κ1) is 29.6. The van der Waals surface area contributed by atoms with Gasteiger partial charge in [-0.3, -0.25) is 25.2 Å². The van der Waals surface area contributed by atoms with Crippen LogP contribution in [0.2, 0.25) is 10.3 Å². The molecule has 13 nitrogen and oxygen atoms in total. The van der Waals surface area contributed by atoms with Crippen molar-refractivity contribution in [3.8, 4) is 0 Å². The van der Waals surface area contributed by atoms with Gasteiger partial charge in [0.15, 0.2) is 28.4 Å². The first-order valence-corrected chi connectivity index (χ1v) is 14.1. The lowest BCUT2D eigenvalue weighted by molar-refractivity contribution is 0.0491. The molecule has 15 heteroatoms. The number of rotatable bonds is 6. The number of halogens is 2. The first-order valence-electron chi connectivity index (χ1n) is 13.3. The van der Waals surface area contributed by atoms with Gasteiger partial charge in [-0.25, -0.2) is 15.0 Å². The highest BCUT2D eigenvalue weighted by Crippen LogP contribution is 2.30. The molecule has 0 aliphatic carbocycles. The minimum Gasteiger partial charge on any atom is -0.383 e. The second-order valence-corrected chi connectivity index (χ2v) is 10.5. The molecule has 1 atom stereocenters. The average Bonchev–Trinajstić information content (AvgIpc) is 2.93. The molecule has 2 aliphatic rings. The number of amides is 2. The van der Waals surface area contributed by atoms with Gasteiger partial charge in [-0.1, -0.05) is 30.1 Å². The Kier molecular flexibility index (Phi) is 9.48. The molecule has 0 bridgehead atoms. The number of hydrogen-bond donors (Lipinski definition) is 5. The van der Waals surface area contributed by atoms with Crippen LogP contribution in [0.25, 0.3) is 0 Å². The maximum absolute atomic E-state index is 13.0. The van der Waals surface area contributed by atoms with Crippen molar-refractivity contribution in [2.45, 2.75) is 45.2 Å². The molecular formula is C25H35Cl2N11O2. The van der Waals surface area contributed by atoms with Crippen LogP contribution >= 0.6 is 23.2 Å². The van der Waals surface area contributed by atoms with Crippen LogP contribution < -0.4 is 27.0 Å². The Morgan fingerprint density at radius 3 is 2.42 bits per heavy atom. The number of likely N-dealkylation sites (tertiary alicyclic amines) is 1. The summed E-state index contributed by atoms with van der Waals surface area (Å²) in [5.74, 6) is -0.405. The number of pyridine rings is 1. The highest BCUT2D eigenvalue weighted by atomic mass is 35.5. The number of carbonyl (C=O) groups excluding carboxylic acids is 2. The predicted molar refractivity (Wildman–Crippen MR) is 156 cm³/mol. The summed E-state index contributed by atoms with van der Waals surface area (Å²) in [6, 6.07) is 3.77. The number of anilines is 3. The number of carbonyl (C=O) groups is 2. The van der Waals surface area contributed by atoms with E-state index in [1.54, 1.807) is 12.1 Å². The fraction of sp³-hybridized carbons (Fsp3) is 0.520. The molecule has 2 amide bonds. The zero-order valence-electron chi connectivity index (χ0n) is 22.6. The second-order valence-electron chi connectivity index (χ2n) is 9.77. The van der Waals surface area contributed by atoms with Crippen LogP contribution in [-0.2, 0) is 0 Å². The molecule has 2 fully saturated rings. The Labute approximate surface area is 243 Å². The van der Waals surface area contributed by atoms with E-state index in [4.69, 9.17) is 40.1 Å². The lowest BCUT2D eigenvalue weighted by atomic mass is 9.97. The number of piperazine rings is 1. The van der Waals surface area contributed by atoms with E-state index in [2.05, 4.69) is 37.4 Å². The van der Waals surface area contributed by atoms with Gasteiger partial charge >= 0.3 is 0 Å². The quantitative estimate of drug-likeness (QED) is 0.188. The van der Waals surface area contributed by atoms with Crippen LogP contribution in [0.15, 0.2) is 12.1 Å². The summed E-state index contributed by atoms with van der Waals surface area (Å²) < 4.78 is 0. The molecule has 4 heterocycles. The lowest BCUT2D eigenvalue weighted by Crippen LogP contribution is -2.58. The van der Waals surface area contributed by atoms with Crippen LogP contribution in [0, 0.1) is 5.41 Å². The third kappa shape index (κ3) is 6.48. The van der Waals surface area contributed by atoms with Gasteiger partial charge in [-0.15, -0.1) is 0 Å². The molecule has 0 aromatic carbocycles. The number of nitrogens with two attached hydrogens (primary N) is 2. The first-order chi connectivity index (χ1) is 19.1. The van der Waals surface area contributed by atoms with Gasteiger partial charge in [0.2, 0.25) is 0 Å². The van der Waals surface area contributed by atoms with Gasteiger partial charge in [0.1, 0.15) is 11.0 Å². The van der Waals surface area contributed by atoms with Crippen molar-refractivity contribution in [3.63, 3.8) is 0 Å². The standard InChI is InChI=1S/C25H35Cl2N11O2/c1-3-14-13-37(22-19(27)33-18(21(29)34-22)23(39)35-25(30)31-4-2)11-12-38(14)15-7-9-36(10-8-15)24(40)16-5-6-17(26)32-20(16)28/h5-6,14-15H,3-4,7-13H2,1-2H3,(H2,28,32)(H2,29,34)(H3,30,31,35,39)/t14-/m0/s1. The maximum Gasteiger partial charge on any atom is 0.280 e. The molecule has 7 N–H and O–H groups in total. The van der Waals surface area contributed by atoms with E-state index in [1.165, 1.54) is 0 Å². The summed E-state index contributed by atoms with van der Waals surface area (Å²) in [7, 11) is 0. The Morgan fingerprint density at radius 1 is 1.05 bits per heavy atom. The van der Waals surface area contributed by atoms with Crippen molar-refractivity contribution < 1.29 is 9.59 Å². The molecule has 0 radical (unpaired) electrons. The van der Waals surface area contributed by atoms with Gasteiger partial charge in [0.05, 0.1) is 5.56 Å². The molecule has 40 heavy (non-hydrogen) atoms. The van der Waals surface area contributed by atoms with E-state index in [1.807, 2.05) is 16.7 Å². The van der Waals surface area contributed by atoms with Crippen molar-refractivity contribution >= 4 is 58.4 Å². The van der Waals surface area contributed by atoms with Crippen LogP contribution in [0.1, 0.15) is 54.0 Å².